The van der Waals surface area contributed by atoms with Crippen LogP contribution in [0.15, 0.2) is 48.8 Å². The summed E-state index contributed by atoms with van der Waals surface area (Å²) in [5.41, 5.74) is 6.54. The highest BCUT2D eigenvalue weighted by molar-refractivity contribution is 5.97. The van der Waals surface area contributed by atoms with Crippen LogP contribution in [0.3, 0.4) is 0 Å². The van der Waals surface area contributed by atoms with Gasteiger partial charge in [-0.2, -0.15) is 0 Å². The standard InChI is InChI=1S/C19H19N3O/c1-3-19(23)14-4-7-18-13(10-14)8-9-22(18)15-5-6-16-17(11-15)21-12(2)20-16/h4-7,10-11,20-21H,2-3,8-9H2,1H3. The molecule has 2 aromatic carbocycles. The Morgan fingerprint density at radius 1 is 1.17 bits per heavy atom. The van der Waals surface area contributed by atoms with Crippen molar-refractivity contribution in [2.75, 3.05) is 22.1 Å². The first-order chi connectivity index (χ1) is 11.2. The molecule has 4 heteroatoms. The molecule has 0 aromatic heterocycles. The lowest BCUT2D eigenvalue weighted by atomic mass is 10.0. The van der Waals surface area contributed by atoms with Crippen molar-refractivity contribution in [3.05, 3.63) is 59.9 Å². The molecule has 0 saturated carbocycles. The number of rotatable bonds is 3. The molecule has 0 aliphatic carbocycles. The van der Waals surface area contributed by atoms with Crippen molar-refractivity contribution in [3.8, 4) is 0 Å². The van der Waals surface area contributed by atoms with E-state index in [2.05, 4.69) is 52.4 Å². The fourth-order valence-corrected chi connectivity index (χ4v) is 3.32. The maximum absolute atomic E-state index is 11.9. The van der Waals surface area contributed by atoms with Crippen LogP contribution in [0, 0.1) is 0 Å². The summed E-state index contributed by atoms with van der Waals surface area (Å²) in [6.07, 6.45) is 1.52. The number of hydrogen-bond acceptors (Lipinski definition) is 4. The molecule has 0 radical (unpaired) electrons. The van der Waals surface area contributed by atoms with Gasteiger partial charge in [0.25, 0.3) is 0 Å². The molecule has 2 N–H and O–H groups in total. The molecule has 116 valence electrons. The second-order valence-electron chi connectivity index (χ2n) is 5.98. The van der Waals surface area contributed by atoms with Crippen molar-refractivity contribution in [1.82, 2.24) is 0 Å². The van der Waals surface area contributed by atoms with Crippen molar-refractivity contribution < 1.29 is 4.79 Å². The minimum atomic E-state index is 0.206. The molecule has 4 rings (SSSR count). The van der Waals surface area contributed by atoms with E-state index in [9.17, 15) is 4.79 Å². The zero-order valence-corrected chi connectivity index (χ0v) is 13.1. The van der Waals surface area contributed by atoms with E-state index in [1.54, 1.807) is 0 Å². The molecule has 2 heterocycles. The van der Waals surface area contributed by atoms with Crippen molar-refractivity contribution in [2.24, 2.45) is 0 Å². The molecule has 0 fully saturated rings. The molecule has 0 atom stereocenters. The van der Waals surface area contributed by atoms with Crippen LogP contribution in [0.5, 0.6) is 0 Å². The van der Waals surface area contributed by atoms with Crippen molar-refractivity contribution in [3.63, 3.8) is 0 Å². The van der Waals surface area contributed by atoms with Gasteiger partial charge in [0.2, 0.25) is 0 Å². The van der Waals surface area contributed by atoms with Gasteiger partial charge in [0.15, 0.2) is 5.78 Å². The SMILES string of the molecule is C=C1Nc2ccc(N3CCc4cc(C(=O)CC)ccc43)cc2N1. The zero-order valence-electron chi connectivity index (χ0n) is 13.1. The Morgan fingerprint density at radius 3 is 2.83 bits per heavy atom. The van der Waals surface area contributed by atoms with E-state index in [1.165, 1.54) is 11.3 Å². The van der Waals surface area contributed by atoms with Gasteiger partial charge >= 0.3 is 0 Å². The average molecular weight is 305 g/mol. The van der Waals surface area contributed by atoms with Gasteiger partial charge in [0.05, 0.1) is 11.4 Å². The highest BCUT2D eigenvalue weighted by Gasteiger charge is 2.23. The summed E-state index contributed by atoms with van der Waals surface area (Å²) in [5, 5.41) is 6.44. The molecule has 4 nitrogen and oxygen atoms in total. The molecule has 0 amide bonds. The number of fused-ring (bicyclic) bond motifs is 2. The number of hydrogen-bond donors (Lipinski definition) is 2. The van der Waals surface area contributed by atoms with Crippen LogP contribution < -0.4 is 15.5 Å². The largest absolute Gasteiger partial charge is 0.341 e. The Morgan fingerprint density at radius 2 is 2.00 bits per heavy atom. The predicted octanol–water partition coefficient (Wildman–Crippen LogP) is 4.28. The van der Waals surface area contributed by atoms with E-state index >= 15 is 0 Å². The third-order valence-electron chi connectivity index (χ3n) is 4.50. The lowest BCUT2D eigenvalue weighted by Crippen LogP contribution is -2.13. The van der Waals surface area contributed by atoms with Crippen LogP contribution in [0.2, 0.25) is 0 Å². The summed E-state index contributed by atoms with van der Waals surface area (Å²) >= 11 is 0. The number of anilines is 4. The van der Waals surface area contributed by atoms with Crippen molar-refractivity contribution in [2.45, 2.75) is 19.8 Å². The molecule has 2 aliphatic heterocycles. The number of carbonyl (C=O) groups is 1. The summed E-state index contributed by atoms with van der Waals surface area (Å²) in [7, 11) is 0. The van der Waals surface area contributed by atoms with Crippen LogP contribution in [-0.4, -0.2) is 12.3 Å². The van der Waals surface area contributed by atoms with Gasteiger partial charge in [-0.3, -0.25) is 4.79 Å². The maximum Gasteiger partial charge on any atom is 0.162 e. The first-order valence-electron chi connectivity index (χ1n) is 7.96. The smallest absolute Gasteiger partial charge is 0.162 e. The predicted molar refractivity (Wildman–Crippen MR) is 94.6 cm³/mol. The summed E-state index contributed by atoms with van der Waals surface area (Å²) in [5.74, 6) is 1.01. The highest BCUT2D eigenvalue weighted by Crippen LogP contribution is 2.39. The molecule has 0 unspecified atom stereocenters. The topological polar surface area (TPSA) is 44.4 Å². The van der Waals surface area contributed by atoms with Gasteiger partial charge in [-0.25, -0.2) is 0 Å². The Balaban J connectivity index is 1.68. The summed E-state index contributed by atoms with van der Waals surface area (Å²) in [6, 6.07) is 12.4. The van der Waals surface area contributed by atoms with Gasteiger partial charge in [-0.05, 0) is 48.4 Å². The summed E-state index contributed by atoms with van der Waals surface area (Å²) < 4.78 is 0. The van der Waals surface area contributed by atoms with Crippen molar-refractivity contribution in [1.29, 1.82) is 0 Å². The second-order valence-corrected chi connectivity index (χ2v) is 5.98. The fourth-order valence-electron chi connectivity index (χ4n) is 3.32. The molecule has 23 heavy (non-hydrogen) atoms. The fraction of sp³-hybridized carbons (Fsp3) is 0.211. The number of benzene rings is 2. The lowest BCUT2D eigenvalue weighted by Gasteiger charge is -2.20. The normalized spacial score (nSPS) is 15.0. The number of Topliss-reactive ketones (excluding diaryl/α,β-unsaturated/α-hetero) is 1. The molecule has 2 aromatic rings. The van der Waals surface area contributed by atoms with E-state index in [4.69, 9.17) is 0 Å². The molecular weight excluding hydrogens is 286 g/mol. The Kier molecular flexibility index (Phi) is 3.11. The number of nitrogens with one attached hydrogen (secondary N) is 2. The Hall–Kier alpha value is -2.75. The zero-order chi connectivity index (χ0) is 16.0. The van der Waals surface area contributed by atoms with Crippen molar-refractivity contribution >= 4 is 28.5 Å². The number of carbonyl (C=O) groups excluding carboxylic acids is 1. The first-order valence-corrected chi connectivity index (χ1v) is 7.96. The minimum absolute atomic E-state index is 0.206. The quantitative estimate of drug-likeness (QED) is 0.831. The second kappa shape index (κ2) is 5.16. The van der Waals surface area contributed by atoms with Crippen LogP contribution in [0.4, 0.5) is 22.7 Å². The van der Waals surface area contributed by atoms with Crippen LogP contribution in [0.25, 0.3) is 0 Å². The Labute approximate surface area is 135 Å². The van der Waals surface area contributed by atoms with Gasteiger partial charge < -0.3 is 15.5 Å². The van der Waals surface area contributed by atoms with E-state index in [-0.39, 0.29) is 5.78 Å². The summed E-state index contributed by atoms with van der Waals surface area (Å²) in [6.45, 7) is 6.74. The van der Waals surface area contributed by atoms with Crippen LogP contribution in [-0.2, 0) is 6.42 Å². The third kappa shape index (κ3) is 2.27. The molecule has 2 aliphatic rings. The molecule has 0 bridgehead atoms. The number of nitrogens with zero attached hydrogens (tertiary/aromatic N) is 1. The van der Waals surface area contributed by atoms with E-state index in [0.29, 0.717) is 6.42 Å². The molecule has 0 saturated heterocycles. The molecular formula is C19H19N3O. The highest BCUT2D eigenvalue weighted by atomic mass is 16.1. The number of ketones is 1. The van der Waals surface area contributed by atoms with Gasteiger partial charge in [0, 0.05) is 29.9 Å². The van der Waals surface area contributed by atoms with Crippen LogP contribution >= 0.6 is 0 Å². The van der Waals surface area contributed by atoms with Gasteiger partial charge in [0.1, 0.15) is 5.82 Å². The Bertz CT molecular complexity index is 825. The van der Waals surface area contributed by atoms with Gasteiger partial charge in [-0.1, -0.05) is 13.5 Å². The lowest BCUT2D eigenvalue weighted by molar-refractivity contribution is 0.0988. The van der Waals surface area contributed by atoms with E-state index in [1.807, 2.05) is 13.0 Å². The minimum Gasteiger partial charge on any atom is -0.341 e. The van der Waals surface area contributed by atoms with Gasteiger partial charge in [-0.15, -0.1) is 0 Å². The summed E-state index contributed by atoms with van der Waals surface area (Å²) in [4.78, 5) is 14.2. The van der Waals surface area contributed by atoms with E-state index in [0.717, 1.165) is 41.4 Å². The monoisotopic (exact) mass is 305 g/mol. The molecule has 0 spiro atoms. The average Bonchev–Trinajstić information content (AvgIpc) is 3.14. The maximum atomic E-state index is 11.9. The third-order valence-corrected chi connectivity index (χ3v) is 4.50. The first kappa shape index (κ1) is 13.9. The van der Waals surface area contributed by atoms with Crippen LogP contribution in [0.1, 0.15) is 29.3 Å². The van der Waals surface area contributed by atoms with E-state index < -0.39 is 0 Å².